The standard InChI is InChI=1S/C20H25ClN6O/c1-8-14-10-24-27(16(14)9-12(2)21)13(3)25-17-15(11-23-18(17)22-7)19(28)26-20(4,5)6/h8-11,23H,1,7H2,2-6H3,(H,26,28)/b12-9+,25-13?. The summed E-state index contributed by atoms with van der Waals surface area (Å²) < 4.78 is 1.63. The van der Waals surface area contributed by atoms with E-state index in [9.17, 15) is 4.79 Å². The molecular weight excluding hydrogens is 376 g/mol. The molecule has 148 valence electrons. The van der Waals surface area contributed by atoms with Crippen molar-refractivity contribution in [1.82, 2.24) is 20.1 Å². The molecule has 0 unspecified atom stereocenters. The molecule has 0 fully saturated rings. The second-order valence-corrected chi connectivity index (χ2v) is 7.85. The molecule has 1 amide bonds. The zero-order chi connectivity index (χ0) is 21.1. The van der Waals surface area contributed by atoms with E-state index in [1.165, 1.54) is 0 Å². The van der Waals surface area contributed by atoms with Gasteiger partial charge in [0.15, 0.2) is 5.82 Å². The maximum atomic E-state index is 12.7. The number of aliphatic imine (C=N–C) groups is 2. The molecule has 0 saturated carbocycles. The number of amides is 1. The molecule has 2 aromatic rings. The number of aromatic amines is 1. The number of halogens is 1. The van der Waals surface area contributed by atoms with Crippen LogP contribution in [0.5, 0.6) is 0 Å². The van der Waals surface area contributed by atoms with Crippen molar-refractivity contribution in [3.05, 3.63) is 40.8 Å². The minimum atomic E-state index is -0.386. The van der Waals surface area contributed by atoms with Crippen molar-refractivity contribution in [1.29, 1.82) is 0 Å². The minimum absolute atomic E-state index is 0.255. The van der Waals surface area contributed by atoms with Crippen molar-refractivity contribution in [2.24, 2.45) is 9.98 Å². The van der Waals surface area contributed by atoms with Gasteiger partial charge in [-0.15, -0.1) is 0 Å². The number of rotatable bonds is 5. The Kier molecular flexibility index (Phi) is 6.41. The fourth-order valence-corrected chi connectivity index (χ4v) is 2.65. The molecule has 0 bridgehead atoms. The predicted octanol–water partition coefficient (Wildman–Crippen LogP) is 4.91. The van der Waals surface area contributed by atoms with E-state index < -0.39 is 0 Å². The first kappa shape index (κ1) is 21.4. The zero-order valence-corrected chi connectivity index (χ0v) is 17.6. The Balaban J connectivity index is 2.57. The number of H-pyrrole nitrogens is 1. The molecule has 0 aliphatic carbocycles. The highest BCUT2D eigenvalue weighted by atomic mass is 35.5. The Morgan fingerprint density at radius 1 is 1.39 bits per heavy atom. The Morgan fingerprint density at radius 3 is 2.61 bits per heavy atom. The Bertz CT molecular complexity index is 967. The number of aromatic nitrogens is 3. The van der Waals surface area contributed by atoms with Gasteiger partial charge in [-0.2, -0.15) is 5.10 Å². The highest BCUT2D eigenvalue weighted by molar-refractivity contribution is 6.31. The van der Waals surface area contributed by atoms with Gasteiger partial charge in [-0.1, -0.05) is 24.3 Å². The highest BCUT2D eigenvalue weighted by Gasteiger charge is 2.22. The molecule has 0 aliphatic heterocycles. The van der Waals surface area contributed by atoms with Gasteiger partial charge in [0.05, 0.1) is 17.5 Å². The van der Waals surface area contributed by atoms with Crippen LogP contribution in [0.25, 0.3) is 12.2 Å². The lowest BCUT2D eigenvalue weighted by molar-refractivity contribution is 0.0920. The van der Waals surface area contributed by atoms with Crippen molar-refractivity contribution in [3.63, 3.8) is 0 Å². The molecule has 7 nitrogen and oxygen atoms in total. The van der Waals surface area contributed by atoms with Crippen LogP contribution in [-0.4, -0.2) is 38.8 Å². The van der Waals surface area contributed by atoms with Crippen LogP contribution in [0.15, 0.2) is 34.0 Å². The first-order chi connectivity index (χ1) is 13.1. The van der Waals surface area contributed by atoms with Gasteiger partial charge in [0, 0.05) is 22.3 Å². The van der Waals surface area contributed by atoms with E-state index in [1.54, 1.807) is 43.1 Å². The largest absolute Gasteiger partial charge is 0.347 e. The summed E-state index contributed by atoms with van der Waals surface area (Å²) in [5.41, 5.74) is 1.94. The molecular formula is C20H25ClN6O. The van der Waals surface area contributed by atoms with E-state index in [-0.39, 0.29) is 11.4 Å². The Labute approximate surface area is 169 Å². The van der Waals surface area contributed by atoms with E-state index in [0.717, 1.165) is 11.3 Å². The molecule has 0 aliphatic rings. The summed E-state index contributed by atoms with van der Waals surface area (Å²) in [6.07, 6.45) is 6.72. The highest BCUT2D eigenvalue weighted by Crippen LogP contribution is 2.32. The smallest absolute Gasteiger partial charge is 0.255 e. The fourth-order valence-electron chi connectivity index (χ4n) is 2.55. The third-order valence-corrected chi connectivity index (χ3v) is 3.80. The lowest BCUT2D eigenvalue weighted by Crippen LogP contribution is -2.40. The topological polar surface area (TPSA) is 87.4 Å². The molecule has 28 heavy (non-hydrogen) atoms. The maximum absolute atomic E-state index is 12.7. The molecule has 0 radical (unpaired) electrons. The second-order valence-electron chi connectivity index (χ2n) is 7.25. The van der Waals surface area contributed by atoms with E-state index in [0.29, 0.717) is 27.9 Å². The van der Waals surface area contributed by atoms with Crippen molar-refractivity contribution in [2.45, 2.75) is 40.2 Å². The molecule has 2 aromatic heterocycles. The van der Waals surface area contributed by atoms with Gasteiger partial charge >= 0.3 is 0 Å². The van der Waals surface area contributed by atoms with E-state index in [4.69, 9.17) is 11.6 Å². The van der Waals surface area contributed by atoms with Gasteiger partial charge in [-0.25, -0.2) is 14.7 Å². The Morgan fingerprint density at radius 2 is 2.07 bits per heavy atom. The monoisotopic (exact) mass is 400 g/mol. The molecule has 0 spiro atoms. The summed E-state index contributed by atoms with van der Waals surface area (Å²) in [6.45, 7) is 16.6. The van der Waals surface area contributed by atoms with Crippen molar-refractivity contribution < 1.29 is 4.79 Å². The summed E-state index contributed by atoms with van der Waals surface area (Å²) in [5.74, 6) is 0.681. The van der Waals surface area contributed by atoms with Crippen molar-refractivity contribution in [2.75, 3.05) is 0 Å². The number of nitrogens with one attached hydrogen (secondary N) is 2. The van der Waals surface area contributed by atoms with E-state index >= 15 is 0 Å². The first-order valence-electron chi connectivity index (χ1n) is 8.68. The van der Waals surface area contributed by atoms with E-state index in [1.807, 2.05) is 20.8 Å². The molecule has 2 N–H and O–H groups in total. The summed E-state index contributed by atoms with van der Waals surface area (Å²) in [5, 5.41) is 7.88. The summed E-state index contributed by atoms with van der Waals surface area (Å²) in [7, 11) is 0. The Hall–Kier alpha value is -2.93. The van der Waals surface area contributed by atoms with Crippen molar-refractivity contribution >= 4 is 53.7 Å². The normalized spacial score (nSPS) is 12.8. The van der Waals surface area contributed by atoms with Gasteiger partial charge in [0.1, 0.15) is 11.5 Å². The molecule has 0 atom stereocenters. The number of allylic oxidation sites excluding steroid dienone is 1. The van der Waals surface area contributed by atoms with Gasteiger partial charge < -0.3 is 10.3 Å². The van der Waals surface area contributed by atoms with Crippen LogP contribution in [-0.2, 0) is 0 Å². The van der Waals surface area contributed by atoms with Crippen LogP contribution in [0, 0.1) is 0 Å². The first-order valence-corrected chi connectivity index (χ1v) is 9.05. The number of carbonyl (C=O) groups excluding carboxylic acids is 1. The van der Waals surface area contributed by atoms with Crippen LogP contribution < -0.4 is 5.32 Å². The van der Waals surface area contributed by atoms with Crippen LogP contribution >= 0.6 is 11.6 Å². The molecule has 2 rings (SSSR count). The molecule has 8 heteroatoms. The number of hydrogen-bond donors (Lipinski definition) is 2. The minimum Gasteiger partial charge on any atom is -0.347 e. The van der Waals surface area contributed by atoms with E-state index in [2.05, 4.69) is 38.7 Å². The third kappa shape index (κ3) is 4.86. The number of carbonyl (C=O) groups is 1. The second kappa shape index (κ2) is 8.39. The van der Waals surface area contributed by atoms with Gasteiger partial charge in [0.2, 0.25) is 0 Å². The third-order valence-electron chi connectivity index (χ3n) is 3.70. The lowest BCUT2D eigenvalue weighted by atomic mass is 10.1. The zero-order valence-electron chi connectivity index (χ0n) is 16.8. The predicted molar refractivity (Wildman–Crippen MR) is 117 cm³/mol. The van der Waals surface area contributed by atoms with Gasteiger partial charge in [-0.3, -0.25) is 4.79 Å². The SMILES string of the molecule is C=Cc1cnn(C(C)=Nc2c(C(=O)NC(C)(C)C)c[nH]c2N=C)c1/C=C(\C)Cl. The average Bonchev–Trinajstić information content (AvgIpc) is 3.16. The maximum Gasteiger partial charge on any atom is 0.255 e. The van der Waals surface area contributed by atoms with Crippen LogP contribution in [0.2, 0.25) is 0 Å². The summed E-state index contributed by atoms with van der Waals surface area (Å²) >= 11 is 6.06. The number of nitrogens with zero attached hydrogens (tertiary/aromatic N) is 4. The van der Waals surface area contributed by atoms with Crippen LogP contribution in [0.4, 0.5) is 11.5 Å². The average molecular weight is 401 g/mol. The molecule has 2 heterocycles. The summed E-state index contributed by atoms with van der Waals surface area (Å²) in [6, 6.07) is 0. The van der Waals surface area contributed by atoms with Gasteiger partial charge in [-0.05, 0) is 47.4 Å². The number of hydrogen-bond acceptors (Lipinski definition) is 4. The van der Waals surface area contributed by atoms with Crippen molar-refractivity contribution in [3.8, 4) is 0 Å². The summed E-state index contributed by atoms with van der Waals surface area (Å²) in [4.78, 5) is 24.1. The molecule has 0 aromatic carbocycles. The van der Waals surface area contributed by atoms with Crippen LogP contribution in [0.3, 0.4) is 0 Å². The quantitative estimate of drug-likeness (QED) is 0.551. The van der Waals surface area contributed by atoms with Crippen LogP contribution in [0.1, 0.15) is 56.2 Å². The molecule has 0 saturated heterocycles. The lowest BCUT2D eigenvalue weighted by Gasteiger charge is -2.20. The van der Waals surface area contributed by atoms with Gasteiger partial charge in [0.25, 0.3) is 5.91 Å². The fraction of sp³-hybridized carbons (Fsp3) is 0.300.